The Labute approximate surface area is 119 Å². The van der Waals surface area contributed by atoms with Crippen LogP contribution in [0.25, 0.3) is 5.69 Å². The lowest BCUT2D eigenvalue weighted by molar-refractivity contribution is 0.210. The molecule has 0 unspecified atom stereocenters. The normalized spacial score (nSPS) is 10.6. The van der Waals surface area contributed by atoms with Crippen LogP contribution in [0.4, 0.5) is 5.95 Å². The fraction of sp³-hybridized carbons (Fsp3) is 0.250. The zero-order chi connectivity index (χ0) is 13.0. The van der Waals surface area contributed by atoms with Gasteiger partial charge in [0.2, 0.25) is 5.95 Å². The minimum absolute atomic E-state index is 0.626. The van der Waals surface area contributed by atoms with Crippen LogP contribution in [0, 0.1) is 0 Å². The number of halogens is 2. The molecule has 2 aromatic rings. The highest BCUT2D eigenvalue weighted by Crippen LogP contribution is 2.26. The summed E-state index contributed by atoms with van der Waals surface area (Å²) in [6.07, 6.45) is 3.60. The number of hydrogen-bond donors (Lipinski definition) is 1. The Kier molecular flexibility index (Phi) is 4.63. The van der Waals surface area contributed by atoms with Crippen molar-refractivity contribution in [1.82, 2.24) is 9.55 Å². The molecule has 96 valence electrons. The number of ether oxygens (including phenoxy) is 1. The van der Waals surface area contributed by atoms with Crippen molar-refractivity contribution in [2.75, 3.05) is 25.6 Å². The van der Waals surface area contributed by atoms with E-state index in [-0.39, 0.29) is 0 Å². The summed E-state index contributed by atoms with van der Waals surface area (Å²) in [6, 6.07) is 5.74. The van der Waals surface area contributed by atoms with Crippen LogP contribution in [-0.2, 0) is 4.74 Å². The quantitative estimate of drug-likeness (QED) is 0.855. The third-order valence-corrected chi connectivity index (χ3v) is 3.20. The molecule has 4 nitrogen and oxygen atoms in total. The maximum absolute atomic E-state index is 6.22. The predicted octanol–water partition coefficient (Wildman–Crippen LogP) is 3.35. The van der Waals surface area contributed by atoms with Gasteiger partial charge in [0.05, 0.1) is 17.3 Å². The fourth-order valence-corrected chi connectivity index (χ4v) is 2.33. The topological polar surface area (TPSA) is 39.1 Å². The molecule has 0 aliphatic heterocycles. The van der Waals surface area contributed by atoms with Crippen molar-refractivity contribution >= 4 is 33.5 Å². The van der Waals surface area contributed by atoms with E-state index in [1.165, 1.54) is 0 Å². The van der Waals surface area contributed by atoms with Gasteiger partial charge in [-0.2, -0.15) is 0 Å². The van der Waals surface area contributed by atoms with E-state index < -0.39 is 0 Å². The Morgan fingerprint density at radius 2 is 2.33 bits per heavy atom. The first-order chi connectivity index (χ1) is 8.72. The Balaban J connectivity index is 2.25. The minimum atomic E-state index is 0.626. The lowest BCUT2D eigenvalue weighted by Gasteiger charge is -2.11. The van der Waals surface area contributed by atoms with Crippen LogP contribution in [-0.4, -0.2) is 29.8 Å². The number of nitrogens with one attached hydrogen (secondary N) is 1. The lowest BCUT2D eigenvalue weighted by Crippen LogP contribution is -2.11. The molecule has 0 aliphatic carbocycles. The molecule has 1 heterocycles. The first-order valence-electron chi connectivity index (χ1n) is 5.44. The molecule has 0 aliphatic rings. The summed E-state index contributed by atoms with van der Waals surface area (Å²) in [6.45, 7) is 1.32. The predicted molar refractivity (Wildman–Crippen MR) is 76.6 cm³/mol. The molecule has 6 heteroatoms. The SMILES string of the molecule is COCCNc1nccn1-c1ccc(Br)cc1Cl. The van der Waals surface area contributed by atoms with Crippen molar-refractivity contribution < 1.29 is 4.74 Å². The molecule has 0 saturated heterocycles. The second-order valence-corrected chi connectivity index (χ2v) is 4.96. The van der Waals surface area contributed by atoms with Crippen LogP contribution in [0.15, 0.2) is 35.1 Å². The summed E-state index contributed by atoms with van der Waals surface area (Å²) < 4.78 is 7.85. The van der Waals surface area contributed by atoms with Crippen molar-refractivity contribution in [3.8, 4) is 5.69 Å². The average Bonchev–Trinajstić information content (AvgIpc) is 2.78. The molecule has 0 saturated carbocycles. The largest absolute Gasteiger partial charge is 0.383 e. The summed E-state index contributed by atoms with van der Waals surface area (Å²) in [5.74, 6) is 0.747. The summed E-state index contributed by atoms with van der Waals surface area (Å²) in [5.41, 5.74) is 0.886. The number of imidazole rings is 1. The van der Waals surface area contributed by atoms with Gasteiger partial charge in [-0.1, -0.05) is 27.5 Å². The second kappa shape index (κ2) is 6.22. The van der Waals surface area contributed by atoms with E-state index in [0.717, 1.165) is 16.1 Å². The van der Waals surface area contributed by atoms with E-state index in [1.807, 2.05) is 29.0 Å². The lowest BCUT2D eigenvalue weighted by atomic mass is 10.3. The van der Waals surface area contributed by atoms with Gasteiger partial charge in [0.25, 0.3) is 0 Å². The highest BCUT2D eigenvalue weighted by molar-refractivity contribution is 9.10. The number of anilines is 1. The number of hydrogen-bond acceptors (Lipinski definition) is 3. The van der Waals surface area contributed by atoms with E-state index in [4.69, 9.17) is 16.3 Å². The standard InChI is InChI=1S/C12H13BrClN3O/c1-18-7-5-16-12-15-4-6-17(12)11-3-2-9(13)8-10(11)14/h2-4,6,8H,5,7H2,1H3,(H,15,16). The van der Waals surface area contributed by atoms with E-state index in [0.29, 0.717) is 18.2 Å². The average molecular weight is 331 g/mol. The van der Waals surface area contributed by atoms with Crippen LogP contribution < -0.4 is 5.32 Å². The number of rotatable bonds is 5. The van der Waals surface area contributed by atoms with E-state index in [2.05, 4.69) is 26.2 Å². The van der Waals surface area contributed by atoms with Gasteiger partial charge in [0, 0.05) is 30.5 Å². The molecule has 0 atom stereocenters. The van der Waals surface area contributed by atoms with Crippen molar-refractivity contribution in [2.45, 2.75) is 0 Å². The van der Waals surface area contributed by atoms with Gasteiger partial charge in [-0.3, -0.25) is 4.57 Å². The zero-order valence-electron chi connectivity index (χ0n) is 9.86. The van der Waals surface area contributed by atoms with Gasteiger partial charge < -0.3 is 10.1 Å². The Hall–Kier alpha value is -1.04. The molecule has 0 spiro atoms. The summed E-state index contributed by atoms with van der Waals surface area (Å²) in [4.78, 5) is 4.25. The van der Waals surface area contributed by atoms with E-state index in [9.17, 15) is 0 Å². The molecule has 0 fully saturated rings. The number of aromatic nitrogens is 2. The van der Waals surface area contributed by atoms with Crippen LogP contribution in [0.2, 0.25) is 5.02 Å². The first-order valence-corrected chi connectivity index (χ1v) is 6.61. The van der Waals surface area contributed by atoms with Crippen molar-refractivity contribution in [1.29, 1.82) is 0 Å². The van der Waals surface area contributed by atoms with Gasteiger partial charge in [-0.25, -0.2) is 4.98 Å². The van der Waals surface area contributed by atoms with Gasteiger partial charge in [-0.05, 0) is 18.2 Å². The van der Waals surface area contributed by atoms with E-state index >= 15 is 0 Å². The minimum Gasteiger partial charge on any atom is -0.383 e. The molecular formula is C12H13BrClN3O. The van der Waals surface area contributed by atoms with E-state index in [1.54, 1.807) is 13.3 Å². The van der Waals surface area contributed by atoms with Gasteiger partial charge in [-0.15, -0.1) is 0 Å². The molecule has 0 radical (unpaired) electrons. The molecule has 1 N–H and O–H groups in total. The Morgan fingerprint density at radius 3 is 3.06 bits per heavy atom. The fourth-order valence-electron chi connectivity index (χ4n) is 1.57. The molecule has 18 heavy (non-hydrogen) atoms. The smallest absolute Gasteiger partial charge is 0.207 e. The molecule has 0 bridgehead atoms. The second-order valence-electron chi connectivity index (χ2n) is 3.64. The Morgan fingerprint density at radius 1 is 1.50 bits per heavy atom. The highest BCUT2D eigenvalue weighted by Gasteiger charge is 2.08. The van der Waals surface area contributed by atoms with Crippen molar-refractivity contribution in [2.24, 2.45) is 0 Å². The maximum atomic E-state index is 6.22. The molecular weight excluding hydrogens is 318 g/mol. The zero-order valence-corrected chi connectivity index (χ0v) is 12.2. The summed E-state index contributed by atoms with van der Waals surface area (Å²) in [7, 11) is 1.67. The number of methoxy groups -OCH3 is 1. The summed E-state index contributed by atoms with van der Waals surface area (Å²) in [5, 5.41) is 3.86. The third kappa shape index (κ3) is 3.04. The van der Waals surface area contributed by atoms with Gasteiger partial charge in [0.1, 0.15) is 0 Å². The van der Waals surface area contributed by atoms with Crippen LogP contribution >= 0.6 is 27.5 Å². The third-order valence-electron chi connectivity index (χ3n) is 2.40. The summed E-state index contributed by atoms with van der Waals surface area (Å²) >= 11 is 9.61. The van der Waals surface area contributed by atoms with Crippen LogP contribution in [0.1, 0.15) is 0 Å². The monoisotopic (exact) mass is 329 g/mol. The molecule has 2 rings (SSSR count). The number of benzene rings is 1. The first kappa shape index (κ1) is 13.4. The van der Waals surface area contributed by atoms with Crippen molar-refractivity contribution in [3.05, 3.63) is 40.1 Å². The molecule has 1 aromatic heterocycles. The maximum Gasteiger partial charge on any atom is 0.207 e. The Bertz CT molecular complexity index is 530. The van der Waals surface area contributed by atoms with Gasteiger partial charge >= 0.3 is 0 Å². The highest BCUT2D eigenvalue weighted by atomic mass is 79.9. The molecule has 1 aromatic carbocycles. The van der Waals surface area contributed by atoms with Crippen LogP contribution in [0.3, 0.4) is 0 Å². The molecule has 0 amide bonds. The van der Waals surface area contributed by atoms with Crippen molar-refractivity contribution in [3.63, 3.8) is 0 Å². The van der Waals surface area contributed by atoms with Crippen LogP contribution in [0.5, 0.6) is 0 Å². The van der Waals surface area contributed by atoms with Gasteiger partial charge in [0.15, 0.2) is 0 Å². The number of nitrogens with zero attached hydrogens (tertiary/aromatic N) is 2.